The summed E-state index contributed by atoms with van der Waals surface area (Å²) in [6.07, 6.45) is 5.44. The van der Waals surface area contributed by atoms with E-state index in [9.17, 15) is 18.0 Å². The summed E-state index contributed by atoms with van der Waals surface area (Å²) in [7, 11) is -1.18. The molecule has 1 aliphatic carbocycles. The van der Waals surface area contributed by atoms with Gasteiger partial charge >= 0.3 is 10.2 Å². The SMILES string of the molecule is CCC(C(=O)NC1CCCCC1)N(Cc1ccc(Cl)c(Cl)c1)C(=O)CN(c1ccccc1)S(=O)(=O)N(C)C. The van der Waals surface area contributed by atoms with Crippen LogP contribution < -0.4 is 9.62 Å². The summed E-state index contributed by atoms with van der Waals surface area (Å²) in [5.41, 5.74) is 1.03. The van der Waals surface area contributed by atoms with Crippen LogP contribution in [0, 0.1) is 0 Å². The number of para-hydroxylation sites is 1. The molecule has 0 aromatic heterocycles. The van der Waals surface area contributed by atoms with Crippen molar-refractivity contribution in [3.8, 4) is 0 Å². The number of halogens is 2. The van der Waals surface area contributed by atoms with E-state index >= 15 is 0 Å². The Morgan fingerprint density at radius 3 is 2.24 bits per heavy atom. The Balaban J connectivity index is 1.96. The average Bonchev–Trinajstić information content (AvgIpc) is 2.90. The van der Waals surface area contributed by atoms with Gasteiger partial charge in [0.25, 0.3) is 0 Å². The average molecular weight is 584 g/mol. The number of nitrogens with one attached hydrogen (secondary N) is 1. The molecule has 38 heavy (non-hydrogen) atoms. The minimum Gasteiger partial charge on any atom is -0.352 e. The molecular weight excluding hydrogens is 547 g/mol. The van der Waals surface area contributed by atoms with Crippen LogP contribution in [-0.4, -0.2) is 62.2 Å². The van der Waals surface area contributed by atoms with Gasteiger partial charge in [-0.3, -0.25) is 9.59 Å². The van der Waals surface area contributed by atoms with Gasteiger partial charge in [0.1, 0.15) is 12.6 Å². The molecule has 1 saturated carbocycles. The highest BCUT2D eigenvalue weighted by Gasteiger charge is 2.34. The minimum absolute atomic E-state index is 0.0664. The molecular formula is C27H36Cl2N4O4S. The van der Waals surface area contributed by atoms with Crippen molar-refractivity contribution in [3.63, 3.8) is 0 Å². The highest BCUT2D eigenvalue weighted by atomic mass is 35.5. The molecule has 3 rings (SSSR count). The van der Waals surface area contributed by atoms with E-state index in [0.717, 1.165) is 40.7 Å². The standard InChI is InChI=1S/C27H36Cl2N4O4S/c1-4-25(27(35)30-21-11-7-5-8-12-21)32(18-20-15-16-23(28)24(29)17-20)26(34)19-33(38(36,37)31(2)3)22-13-9-6-10-14-22/h6,9-10,13-17,21,25H,4-5,7-8,11-12,18-19H2,1-3H3,(H,30,35). The molecule has 1 unspecified atom stereocenters. The van der Waals surface area contributed by atoms with E-state index in [1.54, 1.807) is 48.5 Å². The number of carbonyl (C=O) groups excluding carboxylic acids is 2. The summed E-state index contributed by atoms with van der Waals surface area (Å²) >= 11 is 12.3. The molecule has 208 valence electrons. The smallest absolute Gasteiger partial charge is 0.304 e. The Morgan fingerprint density at radius 1 is 1.00 bits per heavy atom. The fourth-order valence-corrected chi connectivity index (χ4v) is 5.99. The van der Waals surface area contributed by atoms with Crippen LogP contribution in [0.5, 0.6) is 0 Å². The van der Waals surface area contributed by atoms with Crippen molar-refractivity contribution in [2.75, 3.05) is 24.9 Å². The number of anilines is 1. The topological polar surface area (TPSA) is 90.0 Å². The molecule has 0 bridgehead atoms. The molecule has 1 aliphatic rings. The Kier molecular flexibility index (Phi) is 10.8. The molecule has 0 radical (unpaired) electrons. The summed E-state index contributed by atoms with van der Waals surface area (Å²) in [5, 5.41) is 3.83. The molecule has 8 nitrogen and oxygen atoms in total. The number of hydrogen-bond donors (Lipinski definition) is 1. The molecule has 1 atom stereocenters. The number of carbonyl (C=O) groups is 2. The number of amides is 2. The predicted octanol–water partition coefficient (Wildman–Crippen LogP) is 4.86. The van der Waals surface area contributed by atoms with E-state index < -0.39 is 28.7 Å². The molecule has 2 aromatic carbocycles. The van der Waals surface area contributed by atoms with Gasteiger partial charge in [0, 0.05) is 26.7 Å². The van der Waals surface area contributed by atoms with Crippen LogP contribution >= 0.6 is 23.2 Å². The lowest BCUT2D eigenvalue weighted by molar-refractivity contribution is -0.140. The molecule has 1 N–H and O–H groups in total. The second kappa shape index (κ2) is 13.6. The molecule has 0 saturated heterocycles. The Labute approximate surface area is 236 Å². The third kappa shape index (κ3) is 7.62. The first-order valence-corrected chi connectivity index (χ1v) is 15.0. The third-order valence-corrected chi connectivity index (χ3v) is 9.30. The largest absolute Gasteiger partial charge is 0.352 e. The highest BCUT2D eigenvalue weighted by molar-refractivity contribution is 7.90. The zero-order chi connectivity index (χ0) is 27.9. The van der Waals surface area contributed by atoms with Gasteiger partial charge in [-0.2, -0.15) is 12.7 Å². The molecule has 2 aromatic rings. The predicted molar refractivity (Wildman–Crippen MR) is 153 cm³/mol. The third-order valence-electron chi connectivity index (χ3n) is 6.74. The maximum Gasteiger partial charge on any atom is 0.304 e. The first kappa shape index (κ1) is 30.2. The van der Waals surface area contributed by atoms with Gasteiger partial charge in [-0.1, -0.05) is 73.7 Å². The van der Waals surface area contributed by atoms with Crippen LogP contribution in [0.2, 0.25) is 10.0 Å². The van der Waals surface area contributed by atoms with Gasteiger partial charge in [0.15, 0.2) is 0 Å². The van der Waals surface area contributed by atoms with Crippen molar-refractivity contribution in [1.82, 2.24) is 14.5 Å². The first-order valence-electron chi connectivity index (χ1n) is 12.8. The van der Waals surface area contributed by atoms with Gasteiger partial charge in [0.2, 0.25) is 11.8 Å². The molecule has 0 aliphatic heterocycles. The van der Waals surface area contributed by atoms with Crippen molar-refractivity contribution in [2.24, 2.45) is 0 Å². The van der Waals surface area contributed by atoms with Crippen LogP contribution in [-0.2, 0) is 26.3 Å². The quantitative estimate of drug-likeness (QED) is 0.409. The van der Waals surface area contributed by atoms with E-state index in [2.05, 4.69) is 5.32 Å². The number of hydrogen-bond acceptors (Lipinski definition) is 4. The zero-order valence-corrected chi connectivity index (χ0v) is 24.4. The van der Waals surface area contributed by atoms with Crippen molar-refractivity contribution < 1.29 is 18.0 Å². The normalized spacial score (nSPS) is 15.2. The number of nitrogens with zero attached hydrogens (tertiary/aromatic N) is 3. The second-order valence-electron chi connectivity index (χ2n) is 9.67. The van der Waals surface area contributed by atoms with Crippen molar-refractivity contribution >= 4 is 50.9 Å². The van der Waals surface area contributed by atoms with Crippen LogP contribution in [0.3, 0.4) is 0 Å². The molecule has 0 spiro atoms. The lowest BCUT2D eigenvalue weighted by Gasteiger charge is -2.35. The Hall–Kier alpha value is -2.33. The zero-order valence-electron chi connectivity index (χ0n) is 22.1. The molecule has 1 fully saturated rings. The molecule has 11 heteroatoms. The lowest BCUT2D eigenvalue weighted by atomic mass is 9.95. The minimum atomic E-state index is -4.00. The summed E-state index contributed by atoms with van der Waals surface area (Å²) in [4.78, 5) is 28.8. The van der Waals surface area contributed by atoms with E-state index in [-0.39, 0.29) is 18.5 Å². The van der Waals surface area contributed by atoms with E-state index in [4.69, 9.17) is 23.2 Å². The summed E-state index contributed by atoms with van der Waals surface area (Å²) in [6.45, 7) is 1.43. The van der Waals surface area contributed by atoms with Crippen molar-refractivity contribution in [1.29, 1.82) is 0 Å². The van der Waals surface area contributed by atoms with Crippen LogP contribution in [0.1, 0.15) is 51.0 Å². The van der Waals surface area contributed by atoms with Crippen molar-refractivity contribution in [2.45, 2.75) is 64.1 Å². The van der Waals surface area contributed by atoms with Gasteiger partial charge in [-0.15, -0.1) is 0 Å². The fraction of sp³-hybridized carbons (Fsp3) is 0.481. The van der Waals surface area contributed by atoms with E-state index in [0.29, 0.717) is 27.7 Å². The van der Waals surface area contributed by atoms with Crippen LogP contribution in [0.25, 0.3) is 0 Å². The van der Waals surface area contributed by atoms with Crippen LogP contribution in [0.4, 0.5) is 5.69 Å². The van der Waals surface area contributed by atoms with Gasteiger partial charge in [0.05, 0.1) is 15.7 Å². The monoisotopic (exact) mass is 582 g/mol. The fourth-order valence-electron chi connectivity index (χ4n) is 4.61. The van der Waals surface area contributed by atoms with Crippen molar-refractivity contribution in [3.05, 3.63) is 64.1 Å². The Bertz CT molecular complexity index is 1200. The maximum atomic E-state index is 13.9. The Morgan fingerprint density at radius 2 is 1.66 bits per heavy atom. The lowest BCUT2D eigenvalue weighted by Crippen LogP contribution is -2.54. The number of benzene rings is 2. The second-order valence-corrected chi connectivity index (χ2v) is 12.6. The van der Waals surface area contributed by atoms with Gasteiger partial charge in [-0.05, 0) is 49.1 Å². The van der Waals surface area contributed by atoms with Gasteiger partial charge in [-0.25, -0.2) is 4.31 Å². The number of rotatable bonds is 11. The summed E-state index contributed by atoms with van der Waals surface area (Å²) in [5.74, 6) is -0.745. The van der Waals surface area contributed by atoms with E-state index in [1.807, 2.05) is 6.92 Å². The first-order chi connectivity index (χ1) is 18.0. The maximum absolute atomic E-state index is 13.9. The van der Waals surface area contributed by atoms with Gasteiger partial charge < -0.3 is 10.2 Å². The molecule has 0 heterocycles. The highest BCUT2D eigenvalue weighted by Crippen LogP contribution is 2.25. The summed E-state index contributed by atoms with van der Waals surface area (Å²) in [6, 6.07) is 12.8. The van der Waals surface area contributed by atoms with E-state index in [1.165, 1.54) is 19.0 Å². The molecule has 2 amide bonds. The van der Waals surface area contributed by atoms with Crippen LogP contribution in [0.15, 0.2) is 48.5 Å². The summed E-state index contributed by atoms with van der Waals surface area (Å²) < 4.78 is 28.6.